The van der Waals surface area contributed by atoms with Crippen LogP contribution in [0, 0.1) is 0 Å². The van der Waals surface area contributed by atoms with Gasteiger partial charge >= 0.3 is 0 Å². The molecule has 0 saturated heterocycles. The summed E-state index contributed by atoms with van der Waals surface area (Å²) in [6, 6.07) is 15.3. The fourth-order valence-electron chi connectivity index (χ4n) is 2.99. The highest BCUT2D eigenvalue weighted by atomic mass is 16.3. The van der Waals surface area contributed by atoms with Crippen LogP contribution in [-0.4, -0.2) is 11.0 Å². The Morgan fingerprint density at radius 2 is 1.90 bits per heavy atom. The molecule has 2 aromatic carbocycles. The zero-order valence-corrected chi connectivity index (χ0v) is 11.9. The van der Waals surface area contributed by atoms with Crippen LogP contribution >= 0.6 is 0 Å². The fourth-order valence-corrected chi connectivity index (χ4v) is 2.99. The Bertz CT molecular complexity index is 651. The molecule has 0 spiro atoms. The maximum atomic E-state index is 12.5. The number of nitrogens with one attached hydrogen (secondary N) is 1. The van der Waals surface area contributed by atoms with Crippen LogP contribution in [0.15, 0.2) is 48.5 Å². The second-order valence-electron chi connectivity index (χ2n) is 5.49. The molecule has 3 rings (SSSR count). The molecule has 1 atom stereocenters. The van der Waals surface area contributed by atoms with Crippen LogP contribution in [0.2, 0.25) is 0 Å². The van der Waals surface area contributed by atoms with Gasteiger partial charge in [0.2, 0.25) is 5.91 Å². The number of phenolic OH excluding ortho intramolecular Hbond substituents is 1. The van der Waals surface area contributed by atoms with Crippen molar-refractivity contribution in [3.05, 3.63) is 65.2 Å². The first-order valence-corrected chi connectivity index (χ1v) is 7.38. The lowest BCUT2D eigenvalue weighted by Gasteiger charge is -2.24. The van der Waals surface area contributed by atoms with Gasteiger partial charge in [-0.05, 0) is 36.5 Å². The van der Waals surface area contributed by atoms with Crippen LogP contribution in [0.5, 0.6) is 5.75 Å². The van der Waals surface area contributed by atoms with Crippen molar-refractivity contribution in [2.45, 2.75) is 31.7 Å². The molecule has 1 amide bonds. The topological polar surface area (TPSA) is 49.3 Å². The molecule has 0 heterocycles. The van der Waals surface area contributed by atoms with Gasteiger partial charge in [-0.3, -0.25) is 4.79 Å². The molecule has 2 aromatic rings. The van der Waals surface area contributed by atoms with Gasteiger partial charge in [-0.15, -0.1) is 0 Å². The van der Waals surface area contributed by atoms with E-state index in [-0.39, 0.29) is 17.6 Å². The normalized spacial score (nSPS) is 17.0. The lowest BCUT2D eigenvalue weighted by Crippen LogP contribution is -2.31. The Balaban J connectivity index is 1.71. The molecule has 108 valence electrons. The van der Waals surface area contributed by atoms with E-state index in [0.717, 1.165) is 30.4 Å². The highest BCUT2D eigenvalue weighted by Crippen LogP contribution is 2.31. The summed E-state index contributed by atoms with van der Waals surface area (Å²) in [6.07, 6.45) is 2.99. The van der Waals surface area contributed by atoms with Gasteiger partial charge in [-0.25, -0.2) is 0 Å². The first-order chi connectivity index (χ1) is 10.3. The summed E-state index contributed by atoms with van der Waals surface area (Å²) >= 11 is 0. The maximum Gasteiger partial charge on any atom is 0.227 e. The number of aryl methyl sites for hydroxylation is 1. The number of aromatic hydroxyl groups is 1. The molecule has 0 aromatic heterocycles. The number of hydrogen-bond acceptors (Lipinski definition) is 2. The average molecular weight is 281 g/mol. The number of fused-ring (bicyclic) bond motifs is 1. The van der Waals surface area contributed by atoms with Crippen molar-refractivity contribution < 1.29 is 9.90 Å². The fraction of sp³-hybridized carbons (Fsp3) is 0.278. The van der Waals surface area contributed by atoms with Crippen molar-refractivity contribution in [2.75, 3.05) is 0 Å². The highest BCUT2D eigenvalue weighted by Gasteiger charge is 2.25. The Morgan fingerprint density at radius 1 is 1.14 bits per heavy atom. The molecular formula is C18H19NO2. The minimum absolute atomic E-state index is 0.0467. The van der Waals surface area contributed by atoms with E-state index in [2.05, 4.69) is 17.4 Å². The number of rotatable bonds is 3. The van der Waals surface area contributed by atoms with E-state index in [9.17, 15) is 9.90 Å². The summed E-state index contributed by atoms with van der Waals surface area (Å²) in [5.41, 5.74) is 3.18. The van der Waals surface area contributed by atoms with Gasteiger partial charge in [0.15, 0.2) is 0 Å². The minimum Gasteiger partial charge on any atom is -0.508 e. The van der Waals surface area contributed by atoms with E-state index in [4.69, 9.17) is 0 Å². The van der Waals surface area contributed by atoms with Crippen molar-refractivity contribution >= 4 is 5.91 Å². The quantitative estimate of drug-likeness (QED) is 0.908. The molecular weight excluding hydrogens is 262 g/mol. The van der Waals surface area contributed by atoms with E-state index in [1.54, 1.807) is 12.1 Å². The molecule has 2 N–H and O–H groups in total. The lowest BCUT2D eigenvalue weighted by molar-refractivity contribution is -0.123. The number of carbonyl (C=O) groups excluding carboxylic acids is 1. The molecule has 1 aliphatic rings. The maximum absolute atomic E-state index is 12.5. The number of phenols is 1. The Kier molecular flexibility index (Phi) is 3.91. The molecule has 3 nitrogen and oxygen atoms in total. The van der Waals surface area contributed by atoms with Crippen LogP contribution in [0.1, 0.15) is 35.4 Å². The van der Waals surface area contributed by atoms with E-state index >= 15 is 0 Å². The van der Waals surface area contributed by atoms with E-state index in [1.165, 1.54) is 5.56 Å². The Morgan fingerprint density at radius 3 is 2.76 bits per heavy atom. The van der Waals surface area contributed by atoms with Gasteiger partial charge in [0.25, 0.3) is 0 Å². The Hall–Kier alpha value is -2.29. The third-order valence-electron chi connectivity index (χ3n) is 4.13. The highest BCUT2D eigenvalue weighted by molar-refractivity contribution is 5.84. The first kappa shape index (κ1) is 13.7. The predicted octanol–water partition coefficient (Wildman–Crippen LogP) is 3.13. The minimum atomic E-state index is -0.0687. The number of carbonyl (C=O) groups is 1. The SMILES string of the molecule is O=C(NCc1ccccc1O)C1CCCc2ccccc21. The molecule has 0 fully saturated rings. The number of benzene rings is 2. The third-order valence-corrected chi connectivity index (χ3v) is 4.13. The summed E-state index contributed by atoms with van der Waals surface area (Å²) in [4.78, 5) is 12.5. The summed E-state index contributed by atoms with van der Waals surface area (Å²) in [5.74, 6) is 0.202. The standard InChI is InChI=1S/C18H19NO2/c20-17-11-4-2-7-14(17)12-19-18(21)16-10-5-8-13-6-1-3-9-15(13)16/h1-4,6-7,9,11,16,20H,5,8,10,12H2,(H,19,21). The van der Waals surface area contributed by atoms with Crippen molar-refractivity contribution in [1.82, 2.24) is 5.32 Å². The van der Waals surface area contributed by atoms with Crippen LogP contribution < -0.4 is 5.32 Å². The first-order valence-electron chi connectivity index (χ1n) is 7.38. The van der Waals surface area contributed by atoms with Crippen molar-refractivity contribution in [2.24, 2.45) is 0 Å². The van der Waals surface area contributed by atoms with Crippen LogP contribution in [0.4, 0.5) is 0 Å². The van der Waals surface area contributed by atoms with E-state index in [1.807, 2.05) is 24.3 Å². The zero-order valence-electron chi connectivity index (χ0n) is 11.9. The van der Waals surface area contributed by atoms with Crippen molar-refractivity contribution in [3.8, 4) is 5.75 Å². The van der Waals surface area contributed by atoms with Gasteiger partial charge in [0.05, 0.1) is 5.92 Å². The molecule has 1 unspecified atom stereocenters. The summed E-state index contributed by atoms with van der Waals surface area (Å²) in [7, 11) is 0. The lowest BCUT2D eigenvalue weighted by atomic mass is 9.82. The van der Waals surface area contributed by atoms with Gasteiger partial charge in [-0.1, -0.05) is 42.5 Å². The number of para-hydroxylation sites is 1. The van der Waals surface area contributed by atoms with Crippen molar-refractivity contribution in [1.29, 1.82) is 0 Å². The number of amides is 1. The van der Waals surface area contributed by atoms with E-state index < -0.39 is 0 Å². The van der Waals surface area contributed by atoms with Gasteiger partial charge in [0, 0.05) is 12.1 Å². The summed E-state index contributed by atoms with van der Waals surface area (Å²) in [5, 5.41) is 12.7. The number of hydrogen-bond donors (Lipinski definition) is 2. The third kappa shape index (κ3) is 2.92. The second kappa shape index (κ2) is 6.00. The summed E-state index contributed by atoms with van der Waals surface area (Å²) in [6.45, 7) is 0.365. The van der Waals surface area contributed by atoms with Gasteiger partial charge in [0.1, 0.15) is 5.75 Å². The molecule has 0 radical (unpaired) electrons. The molecule has 0 aliphatic heterocycles. The predicted molar refractivity (Wildman–Crippen MR) is 82.1 cm³/mol. The molecule has 21 heavy (non-hydrogen) atoms. The average Bonchev–Trinajstić information content (AvgIpc) is 2.53. The summed E-state index contributed by atoms with van der Waals surface area (Å²) < 4.78 is 0. The zero-order chi connectivity index (χ0) is 14.7. The smallest absolute Gasteiger partial charge is 0.227 e. The molecule has 3 heteroatoms. The van der Waals surface area contributed by atoms with Gasteiger partial charge in [-0.2, -0.15) is 0 Å². The van der Waals surface area contributed by atoms with Crippen LogP contribution in [0.25, 0.3) is 0 Å². The molecule has 0 bridgehead atoms. The van der Waals surface area contributed by atoms with Gasteiger partial charge < -0.3 is 10.4 Å². The molecule has 1 aliphatic carbocycles. The monoisotopic (exact) mass is 281 g/mol. The van der Waals surface area contributed by atoms with E-state index in [0.29, 0.717) is 6.54 Å². The second-order valence-corrected chi connectivity index (χ2v) is 5.49. The van der Waals surface area contributed by atoms with Crippen molar-refractivity contribution in [3.63, 3.8) is 0 Å². The van der Waals surface area contributed by atoms with Crippen LogP contribution in [0.3, 0.4) is 0 Å². The Labute approximate surface area is 124 Å². The largest absolute Gasteiger partial charge is 0.508 e. The van der Waals surface area contributed by atoms with Crippen LogP contribution in [-0.2, 0) is 17.8 Å². The molecule has 0 saturated carbocycles.